The number of hydrogen-bond acceptors (Lipinski definition) is 4. The van der Waals surface area contributed by atoms with Gasteiger partial charge in [0.1, 0.15) is 0 Å². The standard InChI is InChI=1S/C5H12N2O3S/c1-3-4-5-7(6-8)11(2,9)10/h3-5H2,1-2H3. The molecule has 0 fully saturated rings. The minimum Gasteiger partial charge on any atom is -0.205 e. The van der Waals surface area contributed by atoms with E-state index in [1.807, 2.05) is 6.92 Å². The first kappa shape index (κ1) is 10.3. The maximum absolute atomic E-state index is 10.7. The first-order valence-corrected chi connectivity index (χ1v) is 5.18. The van der Waals surface area contributed by atoms with Gasteiger partial charge < -0.3 is 0 Å². The molecule has 6 heteroatoms. The van der Waals surface area contributed by atoms with Gasteiger partial charge in [0.15, 0.2) is 0 Å². The zero-order chi connectivity index (χ0) is 8.91. The molecule has 0 unspecified atom stereocenters. The minimum absolute atomic E-state index is 0.179. The lowest BCUT2D eigenvalue weighted by Gasteiger charge is -2.10. The van der Waals surface area contributed by atoms with Crippen molar-refractivity contribution in [3.8, 4) is 0 Å². The average molecular weight is 180 g/mol. The Labute approximate surface area is 66.4 Å². The molecule has 5 nitrogen and oxygen atoms in total. The molecule has 0 aromatic heterocycles. The SMILES string of the molecule is CCCCN(N=O)S(C)(=O)=O. The summed E-state index contributed by atoms with van der Waals surface area (Å²) in [5.41, 5.74) is 0. The second kappa shape index (κ2) is 4.27. The molecule has 66 valence electrons. The van der Waals surface area contributed by atoms with Gasteiger partial charge in [0.2, 0.25) is 10.0 Å². The Morgan fingerprint density at radius 3 is 2.27 bits per heavy atom. The highest BCUT2D eigenvalue weighted by Crippen LogP contribution is 2.00. The molecular formula is C5H12N2O3S. The number of hydrogen-bond donors (Lipinski definition) is 0. The number of nitrogens with zero attached hydrogens (tertiary/aromatic N) is 2. The van der Waals surface area contributed by atoms with Crippen LogP contribution in [0.1, 0.15) is 19.8 Å². The summed E-state index contributed by atoms with van der Waals surface area (Å²) in [4.78, 5) is 9.95. The topological polar surface area (TPSA) is 66.8 Å². The smallest absolute Gasteiger partial charge is 0.205 e. The van der Waals surface area contributed by atoms with E-state index in [0.717, 1.165) is 12.7 Å². The molecule has 0 aliphatic rings. The quantitative estimate of drug-likeness (QED) is 0.462. The van der Waals surface area contributed by atoms with Gasteiger partial charge in [-0.25, -0.2) is 8.42 Å². The van der Waals surface area contributed by atoms with Gasteiger partial charge in [0, 0.05) is 0 Å². The van der Waals surface area contributed by atoms with Gasteiger partial charge in [-0.05, 0) is 6.42 Å². The van der Waals surface area contributed by atoms with Crippen LogP contribution in [0.25, 0.3) is 0 Å². The highest BCUT2D eigenvalue weighted by molar-refractivity contribution is 7.88. The summed E-state index contributed by atoms with van der Waals surface area (Å²) in [6.07, 6.45) is 2.45. The maximum Gasteiger partial charge on any atom is 0.249 e. The van der Waals surface area contributed by atoms with Gasteiger partial charge in [-0.1, -0.05) is 13.3 Å². The molecule has 0 rings (SSSR count). The van der Waals surface area contributed by atoms with Gasteiger partial charge in [-0.2, -0.15) is 4.41 Å². The van der Waals surface area contributed by atoms with E-state index >= 15 is 0 Å². The Kier molecular flexibility index (Phi) is 4.02. The molecule has 0 saturated carbocycles. The van der Waals surface area contributed by atoms with Crippen molar-refractivity contribution < 1.29 is 8.42 Å². The third-order valence-electron chi connectivity index (χ3n) is 1.18. The molecule has 11 heavy (non-hydrogen) atoms. The number of unbranched alkanes of at least 4 members (excludes halogenated alkanes) is 1. The monoisotopic (exact) mass is 180 g/mol. The van der Waals surface area contributed by atoms with Crippen LogP contribution in [0.2, 0.25) is 0 Å². The molecule has 0 spiro atoms. The summed E-state index contributed by atoms with van der Waals surface area (Å²) in [7, 11) is -3.43. The van der Waals surface area contributed by atoms with Crippen LogP contribution in [-0.2, 0) is 10.0 Å². The first-order chi connectivity index (χ1) is 5.02. The molecule has 0 amide bonds. The predicted molar refractivity (Wildman–Crippen MR) is 42.3 cm³/mol. The van der Waals surface area contributed by atoms with Crippen LogP contribution >= 0.6 is 0 Å². The summed E-state index contributed by atoms with van der Waals surface area (Å²) < 4.78 is 22.0. The molecule has 0 bridgehead atoms. The van der Waals surface area contributed by atoms with Crippen molar-refractivity contribution in [1.82, 2.24) is 4.41 Å². The molecule has 0 aliphatic heterocycles. The van der Waals surface area contributed by atoms with Gasteiger partial charge in [-0.15, -0.1) is 4.91 Å². The van der Waals surface area contributed by atoms with E-state index < -0.39 is 10.0 Å². The Balaban J connectivity index is 4.08. The zero-order valence-electron chi connectivity index (χ0n) is 6.65. The lowest BCUT2D eigenvalue weighted by atomic mass is 10.3. The summed E-state index contributed by atoms with van der Waals surface area (Å²) in [6.45, 7) is 2.09. The first-order valence-electron chi connectivity index (χ1n) is 3.33. The fraction of sp³-hybridized carbons (Fsp3) is 1.00. The van der Waals surface area contributed by atoms with Crippen molar-refractivity contribution >= 4 is 10.0 Å². The largest absolute Gasteiger partial charge is 0.249 e. The summed E-state index contributed by atoms with van der Waals surface area (Å²) in [5.74, 6) is 0. The summed E-state index contributed by atoms with van der Waals surface area (Å²) >= 11 is 0. The van der Waals surface area contributed by atoms with Gasteiger partial charge in [0.25, 0.3) is 0 Å². The summed E-state index contributed by atoms with van der Waals surface area (Å²) in [6, 6.07) is 0. The van der Waals surface area contributed by atoms with E-state index in [1.54, 1.807) is 0 Å². The molecule has 0 radical (unpaired) electrons. The van der Waals surface area contributed by atoms with Crippen LogP contribution in [0, 0.1) is 4.91 Å². The predicted octanol–water partition coefficient (Wildman–Crippen LogP) is 0.730. The maximum atomic E-state index is 10.7. The van der Waals surface area contributed by atoms with Crippen molar-refractivity contribution in [3.63, 3.8) is 0 Å². The van der Waals surface area contributed by atoms with Crippen LogP contribution in [0.3, 0.4) is 0 Å². The highest BCUT2D eigenvalue weighted by Gasteiger charge is 2.13. The fourth-order valence-electron chi connectivity index (χ4n) is 0.561. The highest BCUT2D eigenvalue weighted by atomic mass is 32.2. The van der Waals surface area contributed by atoms with E-state index in [1.165, 1.54) is 0 Å². The second-order valence-electron chi connectivity index (χ2n) is 2.24. The van der Waals surface area contributed by atoms with E-state index in [0.29, 0.717) is 10.8 Å². The lowest BCUT2D eigenvalue weighted by molar-refractivity contribution is 0.421. The molecule has 0 aromatic rings. The molecule has 0 saturated heterocycles. The van der Waals surface area contributed by atoms with Crippen LogP contribution in [-0.4, -0.2) is 25.6 Å². The molecule has 0 aromatic carbocycles. The molecule has 0 N–H and O–H groups in total. The van der Waals surface area contributed by atoms with Crippen molar-refractivity contribution in [3.05, 3.63) is 4.91 Å². The van der Waals surface area contributed by atoms with Gasteiger partial charge in [0.05, 0.1) is 18.1 Å². The van der Waals surface area contributed by atoms with E-state index in [2.05, 4.69) is 5.29 Å². The minimum atomic E-state index is -3.43. The normalized spacial score (nSPS) is 11.1. The number of rotatable bonds is 5. The lowest BCUT2D eigenvalue weighted by Crippen LogP contribution is -2.24. The van der Waals surface area contributed by atoms with E-state index in [-0.39, 0.29) is 6.54 Å². The molecule has 0 heterocycles. The Hall–Kier alpha value is -0.650. The third kappa shape index (κ3) is 3.92. The fourth-order valence-corrected chi connectivity index (χ4v) is 1.14. The zero-order valence-corrected chi connectivity index (χ0v) is 7.47. The third-order valence-corrected chi connectivity index (χ3v) is 2.19. The Morgan fingerprint density at radius 2 is 2.00 bits per heavy atom. The van der Waals surface area contributed by atoms with Crippen molar-refractivity contribution in [2.75, 3.05) is 12.8 Å². The van der Waals surface area contributed by atoms with Gasteiger partial charge >= 0.3 is 0 Å². The van der Waals surface area contributed by atoms with Gasteiger partial charge in [-0.3, -0.25) is 0 Å². The van der Waals surface area contributed by atoms with Crippen molar-refractivity contribution in [2.45, 2.75) is 19.8 Å². The van der Waals surface area contributed by atoms with Crippen LogP contribution < -0.4 is 0 Å². The van der Waals surface area contributed by atoms with Crippen LogP contribution in [0.15, 0.2) is 5.29 Å². The average Bonchev–Trinajstić information content (AvgIpc) is 1.87. The van der Waals surface area contributed by atoms with Crippen LogP contribution in [0.5, 0.6) is 0 Å². The van der Waals surface area contributed by atoms with Crippen molar-refractivity contribution in [2.24, 2.45) is 5.29 Å². The van der Waals surface area contributed by atoms with E-state index in [4.69, 9.17) is 0 Å². The van der Waals surface area contributed by atoms with Crippen molar-refractivity contribution in [1.29, 1.82) is 0 Å². The second-order valence-corrected chi connectivity index (χ2v) is 4.13. The number of nitroso groups, excluding NO2 is 1. The Morgan fingerprint density at radius 1 is 1.45 bits per heavy atom. The van der Waals surface area contributed by atoms with Crippen LogP contribution in [0.4, 0.5) is 0 Å². The summed E-state index contributed by atoms with van der Waals surface area (Å²) in [5, 5.41) is 2.39. The van der Waals surface area contributed by atoms with E-state index in [9.17, 15) is 13.3 Å². The molecule has 0 aliphatic carbocycles. The molecular weight excluding hydrogens is 168 g/mol. The number of sulfonamides is 1. The Bertz CT molecular complexity index is 212. The molecule has 0 atom stereocenters.